The van der Waals surface area contributed by atoms with Gasteiger partial charge in [-0.2, -0.15) is 0 Å². The zero-order valence-electron chi connectivity index (χ0n) is 12.4. The number of hydrogen-bond donors (Lipinski definition) is 0. The third-order valence-corrected chi connectivity index (χ3v) is 7.49. The van der Waals surface area contributed by atoms with Gasteiger partial charge in [0.15, 0.2) is 11.2 Å². The Morgan fingerprint density at radius 1 is 0.667 bits per heavy atom. The lowest BCUT2D eigenvalue weighted by Gasteiger charge is -1.96. The van der Waals surface area contributed by atoms with Gasteiger partial charge in [-0.15, -0.1) is 0 Å². The molecule has 0 saturated carbocycles. The fraction of sp³-hybridized carbons (Fsp3) is 0.125. The Kier molecular flexibility index (Phi) is 5.27. The summed E-state index contributed by atoms with van der Waals surface area (Å²) in [5.74, 6) is 1.97. The monoisotopic (exact) mass is 392 g/mol. The standard InChI is InChI=1S/C16H12N2O2S4/c1-3-7-13-11(5-1)17-15(19-13)23-21-9-10-22-24-16-18-12-6-2-4-8-14(12)20-16/h1-8H,9-10H2. The summed E-state index contributed by atoms with van der Waals surface area (Å²) in [5, 5.41) is 1.41. The minimum Gasteiger partial charge on any atom is -0.431 e. The van der Waals surface area contributed by atoms with Crippen LogP contribution in [0.15, 0.2) is 67.8 Å². The molecule has 0 aliphatic rings. The van der Waals surface area contributed by atoms with Gasteiger partial charge >= 0.3 is 0 Å². The molecule has 2 aromatic carbocycles. The van der Waals surface area contributed by atoms with E-state index in [2.05, 4.69) is 9.97 Å². The van der Waals surface area contributed by atoms with Crippen LogP contribution in [0.3, 0.4) is 0 Å². The first-order valence-electron chi connectivity index (χ1n) is 7.18. The third kappa shape index (κ3) is 3.88. The molecule has 0 fully saturated rings. The Hall–Kier alpha value is -1.22. The van der Waals surface area contributed by atoms with Crippen LogP contribution < -0.4 is 0 Å². The molecule has 0 spiro atoms. The topological polar surface area (TPSA) is 52.1 Å². The van der Waals surface area contributed by atoms with E-state index in [0.29, 0.717) is 10.4 Å². The van der Waals surface area contributed by atoms with Crippen molar-refractivity contribution < 1.29 is 8.83 Å². The van der Waals surface area contributed by atoms with Crippen molar-refractivity contribution in [3.63, 3.8) is 0 Å². The van der Waals surface area contributed by atoms with Crippen LogP contribution in [0.5, 0.6) is 0 Å². The Balaban J connectivity index is 1.20. The number of para-hydroxylation sites is 4. The zero-order chi connectivity index (χ0) is 16.2. The molecule has 0 bridgehead atoms. The lowest BCUT2D eigenvalue weighted by atomic mass is 10.3. The molecule has 0 atom stereocenters. The molecule has 2 heterocycles. The second-order valence-corrected chi connectivity index (χ2v) is 9.44. The molecule has 0 amide bonds. The van der Waals surface area contributed by atoms with Crippen LogP contribution in [0.2, 0.25) is 0 Å². The first-order valence-corrected chi connectivity index (χ1v) is 11.8. The fourth-order valence-corrected chi connectivity index (χ4v) is 6.21. The van der Waals surface area contributed by atoms with Crippen LogP contribution >= 0.6 is 43.2 Å². The summed E-state index contributed by atoms with van der Waals surface area (Å²) in [6.07, 6.45) is 0. The van der Waals surface area contributed by atoms with Gasteiger partial charge in [-0.25, -0.2) is 9.97 Å². The van der Waals surface area contributed by atoms with E-state index >= 15 is 0 Å². The highest BCUT2D eigenvalue weighted by molar-refractivity contribution is 8.78. The van der Waals surface area contributed by atoms with Gasteiger partial charge in [-0.05, 0) is 24.3 Å². The lowest BCUT2D eigenvalue weighted by Crippen LogP contribution is -1.78. The molecule has 8 heteroatoms. The Morgan fingerprint density at radius 2 is 1.12 bits per heavy atom. The maximum absolute atomic E-state index is 5.67. The highest BCUT2D eigenvalue weighted by Crippen LogP contribution is 2.36. The van der Waals surface area contributed by atoms with Crippen molar-refractivity contribution in [3.8, 4) is 0 Å². The van der Waals surface area contributed by atoms with Gasteiger partial charge in [0.25, 0.3) is 10.4 Å². The molecule has 0 aliphatic heterocycles. The van der Waals surface area contributed by atoms with E-state index in [1.165, 1.54) is 0 Å². The number of nitrogens with zero attached hydrogens (tertiary/aromatic N) is 2. The quantitative estimate of drug-likeness (QED) is 0.274. The Labute approximate surface area is 154 Å². The number of oxazole rings is 2. The van der Waals surface area contributed by atoms with E-state index in [1.807, 2.05) is 48.5 Å². The summed E-state index contributed by atoms with van der Waals surface area (Å²) in [7, 11) is 6.62. The summed E-state index contributed by atoms with van der Waals surface area (Å²) >= 11 is 0. The maximum Gasteiger partial charge on any atom is 0.267 e. The van der Waals surface area contributed by atoms with Gasteiger partial charge in [0.2, 0.25) is 0 Å². The van der Waals surface area contributed by atoms with Crippen LogP contribution in [-0.2, 0) is 0 Å². The molecule has 24 heavy (non-hydrogen) atoms. The van der Waals surface area contributed by atoms with E-state index in [-0.39, 0.29) is 0 Å². The molecule has 4 nitrogen and oxygen atoms in total. The smallest absolute Gasteiger partial charge is 0.267 e. The molecular weight excluding hydrogens is 380 g/mol. The Bertz CT molecular complexity index is 809. The molecule has 0 N–H and O–H groups in total. The second kappa shape index (κ2) is 7.77. The first kappa shape index (κ1) is 16.3. The number of aromatic nitrogens is 2. The van der Waals surface area contributed by atoms with Gasteiger partial charge in [0.05, 0.1) is 0 Å². The van der Waals surface area contributed by atoms with E-state index in [4.69, 9.17) is 8.83 Å². The van der Waals surface area contributed by atoms with Crippen LogP contribution in [-0.4, -0.2) is 21.5 Å². The van der Waals surface area contributed by atoms with Crippen molar-refractivity contribution in [1.29, 1.82) is 0 Å². The van der Waals surface area contributed by atoms with Crippen molar-refractivity contribution in [3.05, 3.63) is 48.5 Å². The maximum atomic E-state index is 5.67. The molecule has 0 aliphatic carbocycles. The summed E-state index contributed by atoms with van der Waals surface area (Å²) in [5.41, 5.74) is 3.48. The van der Waals surface area contributed by atoms with Crippen molar-refractivity contribution >= 4 is 65.4 Å². The summed E-state index contributed by atoms with van der Waals surface area (Å²) in [6.45, 7) is 0. The van der Waals surface area contributed by atoms with Crippen LogP contribution in [0, 0.1) is 0 Å². The number of hydrogen-bond acceptors (Lipinski definition) is 8. The summed E-state index contributed by atoms with van der Waals surface area (Å²) in [6, 6.07) is 15.6. The summed E-state index contributed by atoms with van der Waals surface area (Å²) < 4.78 is 11.3. The van der Waals surface area contributed by atoms with Crippen LogP contribution in [0.4, 0.5) is 0 Å². The first-order chi connectivity index (χ1) is 11.9. The van der Waals surface area contributed by atoms with Gasteiger partial charge in [0.1, 0.15) is 11.0 Å². The predicted octanol–water partition coefficient (Wildman–Crippen LogP) is 6.15. The SMILES string of the molecule is c1ccc2oc(SSCCSSc3nc4ccccc4o3)nc2c1. The molecular formula is C16H12N2O2S4. The summed E-state index contributed by atoms with van der Waals surface area (Å²) in [4.78, 5) is 8.88. The molecule has 0 saturated heterocycles. The number of fused-ring (bicyclic) bond motifs is 2. The van der Waals surface area contributed by atoms with Gasteiger partial charge in [-0.3, -0.25) is 0 Å². The minimum atomic E-state index is 0.706. The molecule has 4 aromatic rings. The van der Waals surface area contributed by atoms with Crippen molar-refractivity contribution in [2.75, 3.05) is 11.5 Å². The molecule has 2 aromatic heterocycles. The molecule has 4 rings (SSSR count). The van der Waals surface area contributed by atoms with Crippen LogP contribution in [0.25, 0.3) is 22.2 Å². The lowest BCUT2D eigenvalue weighted by molar-refractivity contribution is 0.491. The zero-order valence-corrected chi connectivity index (χ0v) is 15.6. The molecule has 0 radical (unpaired) electrons. The highest BCUT2D eigenvalue weighted by Gasteiger charge is 2.07. The van der Waals surface area contributed by atoms with Gasteiger partial charge in [-0.1, -0.05) is 45.9 Å². The normalized spacial score (nSPS) is 11.5. The fourth-order valence-electron chi connectivity index (χ4n) is 2.03. The van der Waals surface area contributed by atoms with E-state index in [1.54, 1.807) is 43.2 Å². The number of rotatable bonds is 7. The average molecular weight is 393 g/mol. The number of benzene rings is 2. The third-order valence-electron chi connectivity index (χ3n) is 3.06. The molecule has 122 valence electrons. The minimum absolute atomic E-state index is 0.706. The van der Waals surface area contributed by atoms with Gasteiger partial charge in [0, 0.05) is 33.1 Å². The average Bonchev–Trinajstić information content (AvgIpc) is 3.20. The highest BCUT2D eigenvalue weighted by atomic mass is 33.1. The van der Waals surface area contributed by atoms with Crippen molar-refractivity contribution in [2.24, 2.45) is 0 Å². The van der Waals surface area contributed by atoms with Crippen molar-refractivity contribution in [1.82, 2.24) is 9.97 Å². The largest absolute Gasteiger partial charge is 0.431 e. The van der Waals surface area contributed by atoms with Crippen LogP contribution in [0.1, 0.15) is 0 Å². The van der Waals surface area contributed by atoms with E-state index in [9.17, 15) is 0 Å². The Morgan fingerprint density at radius 3 is 1.58 bits per heavy atom. The van der Waals surface area contributed by atoms with Crippen molar-refractivity contribution in [2.45, 2.75) is 10.4 Å². The molecule has 0 unspecified atom stereocenters. The predicted molar refractivity (Wildman–Crippen MR) is 105 cm³/mol. The van der Waals surface area contributed by atoms with Gasteiger partial charge < -0.3 is 8.83 Å². The van der Waals surface area contributed by atoms with E-state index in [0.717, 1.165) is 33.7 Å². The second-order valence-electron chi connectivity index (χ2n) is 4.71. The van der Waals surface area contributed by atoms with E-state index < -0.39 is 0 Å².